The second kappa shape index (κ2) is 10.2. The Balaban J connectivity index is 1.75. The minimum Gasteiger partial charge on any atom is -0.507 e. The van der Waals surface area contributed by atoms with Crippen LogP contribution in [-0.4, -0.2) is 51.5 Å². The minimum atomic E-state index is -0.742. The van der Waals surface area contributed by atoms with Crippen LogP contribution < -0.4 is 9.47 Å². The third-order valence-electron chi connectivity index (χ3n) is 5.74. The minimum absolute atomic E-state index is 0.0505. The van der Waals surface area contributed by atoms with Crippen molar-refractivity contribution in [2.45, 2.75) is 25.9 Å². The van der Waals surface area contributed by atoms with Gasteiger partial charge < -0.3 is 24.0 Å². The molecule has 2 aromatic carbocycles. The summed E-state index contributed by atoms with van der Waals surface area (Å²) in [5.74, 6) is -0.417. The van der Waals surface area contributed by atoms with Crippen LogP contribution in [0.25, 0.3) is 5.76 Å². The van der Waals surface area contributed by atoms with Crippen LogP contribution in [0.4, 0.5) is 0 Å². The van der Waals surface area contributed by atoms with Crippen LogP contribution in [0.1, 0.15) is 30.5 Å². The average molecular weight is 462 g/mol. The van der Waals surface area contributed by atoms with Crippen LogP contribution >= 0.6 is 0 Å². The summed E-state index contributed by atoms with van der Waals surface area (Å²) in [6, 6.07) is 13.3. The molecular formula is C26H27N3O5. The summed E-state index contributed by atoms with van der Waals surface area (Å²) >= 11 is 0. The number of carbonyl (C=O) groups excluding carboxylic acids is 2. The highest BCUT2D eigenvalue weighted by molar-refractivity contribution is 6.46. The summed E-state index contributed by atoms with van der Waals surface area (Å²) in [6.07, 6.45) is 5.86. The van der Waals surface area contributed by atoms with Crippen molar-refractivity contribution in [2.75, 3.05) is 20.3 Å². The lowest BCUT2D eigenvalue weighted by molar-refractivity contribution is -0.139. The Bertz CT molecular complexity index is 1200. The van der Waals surface area contributed by atoms with Gasteiger partial charge in [0.15, 0.2) is 0 Å². The number of nitrogens with zero attached hydrogens (tertiary/aromatic N) is 3. The molecule has 8 heteroatoms. The van der Waals surface area contributed by atoms with E-state index < -0.39 is 17.7 Å². The maximum atomic E-state index is 13.2. The Hall–Kier alpha value is -4.07. The standard InChI is InChI=1S/C26H27N3O5/c1-3-34-21-10-5-8-19(16-21)24(30)22-23(18-7-4-9-20(15-18)33-2)29(26(32)25(22)31)13-6-12-28-14-11-27-17-28/h4-5,7-11,14-17,23,30H,3,6,12-13H2,1-2H3. The number of aromatic nitrogens is 2. The second-order valence-corrected chi connectivity index (χ2v) is 7.88. The first-order valence-electron chi connectivity index (χ1n) is 11.1. The fourth-order valence-corrected chi connectivity index (χ4v) is 4.17. The molecule has 3 aromatic rings. The van der Waals surface area contributed by atoms with Crippen LogP contribution in [0.3, 0.4) is 0 Å². The van der Waals surface area contributed by atoms with E-state index in [1.165, 1.54) is 4.90 Å². The number of hydrogen-bond acceptors (Lipinski definition) is 6. The zero-order valence-corrected chi connectivity index (χ0v) is 19.2. The molecule has 176 valence electrons. The number of ketones is 1. The molecule has 1 aliphatic rings. The average Bonchev–Trinajstić information content (AvgIpc) is 3.46. The third-order valence-corrected chi connectivity index (χ3v) is 5.74. The molecule has 1 amide bonds. The molecule has 8 nitrogen and oxygen atoms in total. The van der Waals surface area contributed by atoms with E-state index in [1.54, 1.807) is 62.1 Å². The largest absolute Gasteiger partial charge is 0.507 e. The van der Waals surface area contributed by atoms with Crippen molar-refractivity contribution < 1.29 is 24.2 Å². The SMILES string of the molecule is CCOc1cccc(C(O)=C2C(=O)C(=O)N(CCCn3ccnc3)C2c2cccc(OC)c2)c1. The van der Waals surface area contributed by atoms with Gasteiger partial charge in [-0.3, -0.25) is 9.59 Å². The Morgan fingerprint density at radius 3 is 2.62 bits per heavy atom. The smallest absolute Gasteiger partial charge is 0.295 e. The molecule has 0 spiro atoms. The maximum absolute atomic E-state index is 13.2. The van der Waals surface area contributed by atoms with Gasteiger partial charge in [0, 0.05) is 31.0 Å². The Morgan fingerprint density at radius 1 is 1.09 bits per heavy atom. The van der Waals surface area contributed by atoms with Crippen LogP contribution in [0.15, 0.2) is 72.8 Å². The number of hydrogen-bond donors (Lipinski definition) is 1. The van der Waals surface area contributed by atoms with Crippen molar-refractivity contribution in [3.05, 3.63) is 84.0 Å². The Kier molecular flexibility index (Phi) is 6.96. The first kappa shape index (κ1) is 23.1. The van der Waals surface area contributed by atoms with Gasteiger partial charge in [-0.05, 0) is 43.2 Å². The highest BCUT2D eigenvalue weighted by atomic mass is 16.5. The van der Waals surface area contributed by atoms with Gasteiger partial charge in [0.05, 0.1) is 31.7 Å². The van der Waals surface area contributed by atoms with Crippen molar-refractivity contribution in [1.29, 1.82) is 0 Å². The number of aliphatic hydroxyl groups excluding tert-OH is 1. The van der Waals surface area contributed by atoms with E-state index in [-0.39, 0.29) is 11.3 Å². The van der Waals surface area contributed by atoms with E-state index >= 15 is 0 Å². The fourth-order valence-electron chi connectivity index (χ4n) is 4.17. The predicted octanol–water partition coefficient (Wildman–Crippen LogP) is 3.80. The number of aliphatic hydroxyl groups is 1. The maximum Gasteiger partial charge on any atom is 0.295 e. The summed E-state index contributed by atoms with van der Waals surface area (Å²) in [4.78, 5) is 31.8. The monoisotopic (exact) mass is 461 g/mol. The number of likely N-dealkylation sites (tertiary alicyclic amines) is 1. The van der Waals surface area contributed by atoms with Gasteiger partial charge >= 0.3 is 0 Å². The topological polar surface area (TPSA) is 93.9 Å². The second-order valence-electron chi connectivity index (χ2n) is 7.88. The number of rotatable bonds is 9. The van der Waals surface area contributed by atoms with E-state index in [9.17, 15) is 14.7 Å². The lowest BCUT2D eigenvalue weighted by Crippen LogP contribution is -2.31. The third kappa shape index (κ3) is 4.66. The van der Waals surface area contributed by atoms with Gasteiger partial charge in [-0.25, -0.2) is 4.98 Å². The molecular weight excluding hydrogens is 434 g/mol. The highest BCUT2D eigenvalue weighted by Gasteiger charge is 2.45. The quantitative estimate of drug-likeness (QED) is 0.296. The fraction of sp³-hybridized carbons (Fsp3) is 0.269. The number of carbonyl (C=O) groups is 2. The molecule has 1 saturated heterocycles. The normalized spacial score (nSPS) is 17.2. The van der Waals surface area contributed by atoms with Gasteiger partial charge in [0.1, 0.15) is 17.3 Å². The number of amides is 1. The van der Waals surface area contributed by atoms with Crippen molar-refractivity contribution in [1.82, 2.24) is 14.5 Å². The van der Waals surface area contributed by atoms with Crippen LogP contribution in [0.2, 0.25) is 0 Å². The molecule has 4 rings (SSSR count). The Labute approximate surface area is 198 Å². The molecule has 34 heavy (non-hydrogen) atoms. The van der Waals surface area contributed by atoms with E-state index in [2.05, 4.69) is 4.98 Å². The lowest BCUT2D eigenvalue weighted by Gasteiger charge is -2.25. The van der Waals surface area contributed by atoms with Crippen LogP contribution in [0.5, 0.6) is 11.5 Å². The molecule has 1 N–H and O–H groups in total. The predicted molar refractivity (Wildman–Crippen MR) is 126 cm³/mol. The zero-order chi connectivity index (χ0) is 24.1. The zero-order valence-electron chi connectivity index (χ0n) is 19.2. The number of aryl methyl sites for hydroxylation is 1. The summed E-state index contributed by atoms with van der Waals surface area (Å²) < 4.78 is 12.8. The van der Waals surface area contributed by atoms with E-state index in [0.717, 1.165) is 0 Å². The molecule has 2 heterocycles. The summed E-state index contributed by atoms with van der Waals surface area (Å²) in [7, 11) is 1.56. The first-order valence-corrected chi connectivity index (χ1v) is 11.1. The number of methoxy groups -OCH3 is 1. The lowest BCUT2D eigenvalue weighted by atomic mass is 9.95. The molecule has 1 aliphatic heterocycles. The molecule has 0 radical (unpaired) electrons. The van der Waals surface area contributed by atoms with Gasteiger partial charge in [0.2, 0.25) is 0 Å². The first-order chi connectivity index (χ1) is 16.5. The van der Waals surface area contributed by atoms with Crippen molar-refractivity contribution in [3.8, 4) is 11.5 Å². The molecule has 1 fully saturated rings. The van der Waals surface area contributed by atoms with E-state index in [0.29, 0.717) is 48.7 Å². The summed E-state index contributed by atoms with van der Waals surface area (Å²) in [6.45, 7) is 3.31. The van der Waals surface area contributed by atoms with Crippen molar-refractivity contribution >= 4 is 17.4 Å². The van der Waals surface area contributed by atoms with Gasteiger partial charge in [-0.15, -0.1) is 0 Å². The number of imidazole rings is 1. The molecule has 0 aliphatic carbocycles. The van der Waals surface area contributed by atoms with Gasteiger partial charge in [-0.2, -0.15) is 0 Å². The molecule has 1 aromatic heterocycles. The summed E-state index contributed by atoms with van der Waals surface area (Å²) in [5, 5.41) is 11.2. The molecule has 1 atom stereocenters. The van der Waals surface area contributed by atoms with E-state index in [4.69, 9.17) is 9.47 Å². The highest BCUT2D eigenvalue weighted by Crippen LogP contribution is 2.40. The van der Waals surface area contributed by atoms with Crippen LogP contribution in [-0.2, 0) is 16.1 Å². The number of ether oxygens (including phenoxy) is 2. The molecule has 0 bridgehead atoms. The van der Waals surface area contributed by atoms with Gasteiger partial charge in [0.25, 0.3) is 11.7 Å². The van der Waals surface area contributed by atoms with E-state index in [1.807, 2.05) is 23.8 Å². The van der Waals surface area contributed by atoms with Crippen LogP contribution in [0, 0.1) is 0 Å². The summed E-state index contributed by atoms with van der Waals surface area (Å²) in [5.41, 5.74) is 1.15. The molecule has 0 saturated carbocycles. The van der Waals surface area contributed by atoms with Crippen molar-refractivity contribution in [3.63, 3.8) is 0 Å². The van der Waals surface area contributed by atoms with Crippen molar-refractivity contribution in [2.24, 2.45) is 0 Å². The Morgan fingerprint density at radius 2 is 1.88 bits per heavy atom. The number of Topliss-reactive ketones (excluding diaryl/α,β-unsaturated/α-hetero) is 1. The molecule has 1 unspecified atom stereocenters. The number of benzene rings is 2. The van der Waals surface area contributed by atoms with Gasteiger partial charge in [-0.1, -0.05) is 24.3 Å².